The molecule has 12 heavy (non-hydrogen) atoms. The second-order valence-electron chi connectivity index (χ2n) is 2.05. The van der Waals surface area contributed by atoms with E-state index in [4.69, 9.17) is 0 Å². The van der Waals surface area contributed by atoms with Crippen molar-refractivity contribution >= 4 is 11.7 Å². The van der Waals surface area contributed by atoms with Gasteiger partial charge in [-0.1, -0.05) is 0 Å². The molecule has 0 aromatic carbocycles. The molecule has 1 rings (SSSR count). The molecule has 0 aliphatic heterocycles. The van der Waals surface area contributed by atoms with Gasteiger partial charge in [0.2, 0.25) is 5.88 Å². The molecule has 0 amide bonds. The van der Waals surface area contributed by atoms with Gasteiger partial charge in [-0.3, -0.25) is 0 Å². The van der Waals surface area contributed by atoms with Crippen LogP contribution >= 0.6 is 11.7 Å². The summed E-state index contributed by atoms with van der Waals surface area (Å²) >= 11 is 0.800. The van der Waals surface area contributed by atoms with E-state index in [-0.39, 0.29) is 5.88 Å². The SMILES string of the molecule is CC(Oc1cnsn1)C(F)(F)F. The van der Waals surface area contributed by atoms with Gasteiger partial charge in [0.25, 0.3) is 0 Å². The van der Waals surface area contributed by atoms with E-state index in [1.54, 1.807) is 0 Å². The first-order valence-corrected chi connectivity index (χ1v) is 3.74. The van der Waals surface area contributed by atoms with Gasteiger partial charge in [-0.15, -0.1) is 4.37 Å². The zero-order valence-electron chi connectivity index (χ0n) is 6.00. The van der Waals surface area contributed by atoms with Crippen molar-refractivity contribution in [2.24, 2.45) is 0 Å². The molecule has 1 aromatic heterocycles. The maximum absolute atomic E-state index is 11.9. The van der Waals surface area contributed by atoms with Crippen LogP contribution in [0.3, 0.4) is 0 Å². The summed E-state index contributed by atoms with van der Waals surface area (Å²) in [5, 5.41) is 0. The van der Waals surface area contributed by atoms with Gasteiger partial charge < -0.3 is 4.74 Å². The largest absolute Gasteiger partial charge is 0.463 e. The molecule has 0 N–H and O–H groups in total. The maximum Gasteiger partial charge on any atom is 0.425 e. The van der Waals surface area contributed by atoms with Gasteiger partial charge in [0.1, 0.15) is 6.20 Å². The Morgan fingerprint density at radius 1 is 1.58 bits per heavy atom. The summed E-state index contributed by atoms with van der Waals surface area (Å²) in [7, 11) is 0. The fourth-order valence-corrected chi connectivity index (χ4v) is 0.811. The van der Waals surface area contributed by atoms with Crippen LogP contribution in [0.25, 0.3) is 0 Å². The van der Waals surface area contributed by atoms with Crippen molar-refractivity contribution in [2.75, 3.05) is 0 Å². The lowest BCUT2D eigenvalue weighted by atomic mass is 10.4. The molecule has 68 valence electrons. The molecular weight excluding hydrogens is 193 g/mol. The van der Waals surface area contributed by atoms with Crippen LogP contribution in [0.5, 0.6) is 5.88 Å². The van der Waals surface area contributed by atoms with Crippen LogP contribution in [0.4, 0.5) is 13.2 Å². The zero-order valence-corrected chi connectivity index (χ0v) is 6.82. The van der Waals surface area contributed by atoms with Gasteiger partial charge in [0.05, 0.1) is 11.7 Å². The van der Waals surface area contributed by atoms with Crippen molar-refractivity contribution in [1.29, 1.82) is 0 Å². The molecule has 0 aliphatic carbocycles. The molecule has 3 nitrogen and oxygen atoms in total. The van der Waals surface area contributed by atoms with Gasteiger partial charge >= 0.3 is 6.18 Å². The summed E-state index contributed by atoms with van der Waals surface area (Å²) in [5.41, 5.74) is 0. The Labute approximate surface area is 70.5 Å². The lowest BCUT2D eigenvalue weighted by Gasteiger charge is -2.14. The Hall–Kier alpha value is -0.850. The molecule has 0 saturated carbocycles. The summed E-state index contributed by atoms with van der Waals surface area (Å²) in [4.78, 5) is 0. The Bertz CT molecular complexity index is 235. The van der Waals surface area contributed by atoms with E-state index in [9.17, 15) is 13.2 Å². The minimum Gasteiger partial charge on any atom is -0.463 e. The average Bonchev–Trinajstić information content (AvgIpc) is 2.37. The number of rotatable bonds is 2. The lowest BCUT2D eigenvalue weighted by molar-refractivity contribution is -0.189. The lowest BCUT2D eigenvalue weighted by Crippen LogP contribution is -2.31. The van der Waals surface area contributed by atoms with Gasteiger partial charge in [-0.25, -0.2) is 0 Å². The number of ether oxygens (including phenoxy) is 1. The third-order valence-corrected chi connectivity index (χ3v) is 1.56. The van der Waals surface area contributed by atoms with Gasteiger partial charge in [-0.2, -0.15) is 17.5 Å². The molecule has 0 fully saturated rings. The predicted molar refractivity (Wildman–Crippen MR) is 36.1 cm³/mol. The van der Waals surface area contributed by atoms with E-state index in [2.05, 4.69) is 13.5 Å². The van der Waals surface area contributed by atoms with Crippen molar-refractivity contribution < 1.29 is 17.9 Å². The normalized spacial score (nSPS) is 14.3. The summed E-state index contributed by atoms with van der Waals surface area (Å²) in [6.07, 6.45) is -5.06. The highest BCUT2D eigenvalue weighted by Gasteiger charge is 2.38. The first kappa shape index (κ1) is 9.24. The highest BCUT2D eigenvalue weighted by atomic mass is 32.1. The van der Waals surface area contributed by atoms with Crippen LogP contribution in [-0.4, -0.2) is 21.0 Å². The first-order valence-electron chi connectivity index (χ1n) is 3.01. The average molecular weight is 198 g/mol. The van der Waals surface area contributed by atoms with E-state index < -0.39 is 12.3 Å². The monoisotopic (exact) mass is 198 g/mol. The Morgan fingerprint density at radius 2 is 2.25 bits per heavy atom. The molecule has 1 aromatic rings. The highest BCUT2D eigenvalue weighted by Crippen LogP contribution is 2.23. The van der Waals surface area contributed by atoms with Gasteiger partial charge in [0.15, 0.2) is 6.10 Å². The molecule has 0 radical (unpaired) electrons. The number of hydrogen-bond acceptors (Lipinski definition) is 4. The number of alkyl halides is 3. The van der Waals surface area contributed by atoms with E-state index in [1.807, 2.05) is 0 Å². The second kappa shape index (κ2) is 3.26. The van der Waals surface area contributed by atoms with Crippen molar-refractivity contribution in [3.8, 4) is 5.88 Å². The predicted octanol–water partition coefficient (Wildman–Crippen LogP) is 1.87. The fourth-order valence-electron chi connectivity index (χ4n) is 0.456. The fraction of sp³-hybridized carbons (Fsp3) is 0.600. The van der Waals surface area contributed by atoms with Crippen LogP contribution in [0.1, 0.15) is 6.92 Å². The highest BCUT2D eigenvalue weighted by molar-refractivity contribution is 6.99. The third kappa shape index (κ3) is 2.33. The number of halogens is 3. The minimum atomic E-state index is -4.36. The van der Waals surface area contributed by atoms with Crippen LogP contribution in [0.15, 0.2) is 6.20 Å². The van der Waals surface area contributed by atoms with E-state index >= 15 is 0 Å². The summed E-state index contributed by atoms with van der Waals surface area (Å²) in [6, 6.07) is 0. The molecule has 0 spiro atoms. The maximum atomic E-state index is 11.9. The van der Waals surface area contributed by atoms with Gasteiger partial charge in [0, 0.05) is 0 Å². The molecule has 0 aliphatic rings. The number of hydrogen-bond donors (Lipinski definition) is 0. The summed E-state index contributed by atoms with van der Waals surface area (Å²) < 4.78 is 47.0. The topological polar surface area (TPSA) is 35.0 Å². The van der Waals surface area contributed by atoms with Crippen LogP contribution < -0.4 is 4.74 Å². The standard InChI is InChI=1S/C5H5F3N2OS/c1-3(5(6,7)8)11-4-2-9-12-10-4/h2-3H,1H3. The Kier molecular flexibility index (Phi) is 2.51. The molecule has 1 atom stereocenters. The van der Waals surface area contributed by atoms with Crippen LogP contribution in [0.2, 0.25) is 0 Å². The first-order chi connectivity index (χ1) is 5.50. The second-order valence-corrected chi connectivity index (χ2v) is 2.60. The summed E-state index contributed by atoms with van der Waals surface area (Å²) in [5.74, 6) is -0.0928. The smallest absolute Gasteiger partial charge is 0.425 e. The Balaban J connectivity index is 2.53. The number of aromatic nitrogens is 2. The minimum absolute atomic E-state index is 0.0928. The number of nitrogens with zero attached hydrogens (tertiary/aromatic N) is 2. The zero-order chi connectivity index (χ0) is 9.19. The molecule has 1 unspecified atom stereocenters. The third-order valence-electron chi connectivity index (χ3n) is 1.10. The van der Waals surface area contributed by atoms with Gasteiger partial charge in [-0.05, 0) is 6.92 Å². The molecule has 0 saturated heterocycles. The van der Waals surface area contributed by atoms with E-state index in [0.29, 0.717) is 0 Å². The van der Waals surface area contributed by atoms with Crippen LogP contribution in [-0.2, 0) is 0 Å². The van der Waals surface area contributed by atoms with Crippen molar-refractivity contribution in [1.82, 2.24) is 8.75 Å². The van der Waals surface area contributed by atoms with Crippen LogP contribution in [0, 0.1) is 0 Å². The molecule has 7 heteroatoms. The molecule has 0 bridgehead atoms. The molecule has 1 heterocycles. The van der Waals surface area contributed by atoms with Crippen molar-refractivity contribution in [2.45, 2.75) is 19.2 Å². The van der Waals surface area contributed by atoms with Crippen molar-refractivity contribution in [3.63, 3.8) is 0 Å². The summed E-state index contributed by atoms with van der Waals surface area (Å²) in [6.45, 7) is 0.916. The van der Waals surface area contributed by atoms with E-state index in [1.165, 1.54) is 0 Å². The van der Waals surface area contributed by atoms with E-state index in [0.717, 1.165) is 24.8 Å². The van der Waals surface area contributed by atoms with Crippen molar-refractivity contribution in [3.05, 3.63) is 6.20 Å². The quantitative estimate of drug-likeness (QED) is 0.727. The Morgan fingerprint density at radius 3 is 2.67 bits per heavy atom. The molecular formula is C5H5F3N2OS.